The normalized spacial score (nSPS) is 13.2. The molecule has 2 unspecified atom stereocenters. The zero-order valence-electron chi connectivity index (χ0n) is 21.6. The zero-order valence-corrected chi connectivity index (χ0v) is 23.2. The van der Waals surface area contributed by atoms with Crippen molar-refractivity contribution in [1.82, 2.24) is 9.99 Å². The number of alkyl halides is 1. The minimum absolute atomic E-state index is 0.0238. The van der Waals surface area contributed by atoms with Crippen molar-refractivity contribution < 1.29 is 42.0 Å². The fraction of sp³-hybridized carbons (Fsp3) is 0.417. The number of rotatable bonds is 17. The number of unbranched alkanes of at least 4 members (excludes halogenated alkanes) is 1. The predicted octanol–water partition coefficient (Wildman–Crippen LogP) is 4.84. The summed E-state index contributed by atoms with van der Waals surface area (Å²) in [5, 5.41) is 13.3. The molecule has 1 heterocycles. The number of furan rings is 1. The van der Waals surface area contributed by atoms with Crippen LogP contribution in [0.25, 0.3) is 0 Å². The predicted molar refractivity (Wildman–Crippen MR) is 142 cm³/mol. The highest BCUT2D eigenvalue weighted by atomic mass is 35.5. The number of nitrogens with zero attached hydrogens (tertiary/aromatic N) is 2. The third kappa shape index (κ3) is 10.4. The smallest absolute Gasteiger partial charge is 0.460 e. The monoisotopic (exact) mass is 587 g/mol. The molecular weight excluding hydrogens is 557 g/mol. The van der Waals surface area contributed by atoms with Gasteiger partial charge >= 0.3 is 25.7 Å². The van der Waals surface area contributed by atoms with Crippen LogP contribution in [0.5, 0.6) is 5.75 Å². The van der Waals surface area contributed by atoms with Crippen LogP contribution in [0.2, 0.25) is 0 Å². The average molecular weight is 588 g/mol. The summed E-state index contributed by atoms with van der Waals surface area (Å²) in [6.07, 6.45) is 1.99. The largest absolute Gasteiger partial charge is 0.461 e. The molecular formula is C24H31ClN3O10P. The molecule has 0 spiro atoms. The van der Waals surface area contributed by atoms with Gasteiger partial charge in [-0.2, -0.15) is 0 Å². The second kappa shape index (κ2) is 15.9. The summed E-state index contributed by atoms with van der Waals surface area (Å²) in [5.74, 6) is -0.408. The van der Waals surface area contributed by atoms with Crippen molar-refractivity contribution in [2.24, 2.45) is 0 Å². The molecule has 1 aromatic carbocycles. The number of esters is 1. The zero-order chi connectivity index (χ0) is 28.8. The number of alkyl carbamates (subject to hydrolysis) is 1. The van der Waals surface area contributed by atoms with Crippen LogP contribution in [-0.4, -0.2) is 60.9 Å². The van der Waals surface area contributed by atoms with Gasteiger partial charge < -0.3 is 23.7 Å². The van der Waals surface area contributed by atoms with Crippen LogP contribution in [0.4, 0.5) is 10.7 Å². The van der Waals surface area contributed by atoms with Crippen LogP contribution in [0.15, 0.2) is 53.5 Å². The summed E-state index contributed by atoms with van der Waals surface area (Å²) in [5.41, 5.74) is 0.633. The van der Waals surface area contributed by atoms with Crippen molar-refractivity contribution in [3.05, 3.63) is 70.5 Å². The van der Waals surface area contributed by atoms with E-state index in [1.807, 2.05) is 0 Å². The Hall–Kier alpha value is -3.38. The molecule has 0 aliphatic heterocycles. The maximum Gasteiger partial charge on any atom is 0.461 e. The highest BCUT2D eigenvalue weighted by molar-refractivity contribution is 7.51. The van der Waals surface area contributed by atoms with E-state index in [9.17, 15) is 24.3 Å². The van der Waals surface area contributed by atoms with Crippen molar-refractivity contribution in [2.45, 2.75) is 31.9 Å². The van der Waals surface area contributed by atoms with Gasteiger partial charge in [-0.3, -0.25) is 14.6 Å². The molecule has 214 valence electrons. The van der Waals surface area contributed by atoms with Gasteiger partial charge in [0.15, 0.2) is 0 Å². The SMILES string of the molecule is C=CCOC(=O)C(Cc1ccc(OP(=O)(OCc2ccc([N+](=O)[O-])o2)N(C)CCCCCl)cc1)NC(=O)OC. The van der Waals surface area contributed by atoms with Crippen LogP contribution < -0.4 is 9.84 Å². The third-order valence-corrected chi connectivity index (χ3v) is 7.37. The molecule has 1 aromatic heterocycles. The lowest BCUT2D eigenvalue weighted by molar-refractivity contribution is -0.402. The molecule has 2 rings (SSSR count). The summed E-state index contributed by atoms with van der Waals surface area (Å²) in [6.45, 7) is 3.47. The second-order valence-electron chi connectivity index (χ2n) is 8.06. The number of ether oxygens (including phenoxy) is 2. The summed E-state index contributed by atoms with van der Waals surface area (Å²) >= 11 is 5.75. The van der Waals surface area contributed by atoms with Gasteiger partial charge in [0.05, 0.1) is 13.2 Å². The van der Waals surface area contributed by atoms with E-state index in [1.54, 1.807) is 19.2 Å². The molecule has 0 radical (unpaired) electrons. The molecule has 13 nitrogen and oxygen atoms in total. The van der Waals surface area contributed by atoms with Crippen LogP contribution in [0, 0.1) is 10.1 Å². The van der Waals surface area contributed by atoms with Gasteiger partial charge in [-0.15, -0.1) is 11.6 Å². The molecule has 39 heavy (non-hydrogen) atoms. The first-order valence-corrected chi connectivity index (χ1v) is 13.8. The third-order valence-electron chi connectivity index (χ3n) is 5.17. The number of methoxy groups -OCH3 is 1. The Balaban J connectivity index is 2.16. The number of hydrogen-bond donors (Lipinski definition) is 1. The fourth-order valence-corrected chi connectivity index (χ4v) is 4.77. The number of nitro groups is 1. The fourth-order valence-electron chi connectivity index (χ4n) is 3.13. The van der Waals surface area contributed by atoms with Crippen LogP contribution >= 0.6 is 19.3 Å². The molecule has 0 saturated carbocycles. The Morgan fingerprint density at radius 2 is 1.97 bits per heavy atom. The molecule has 0 aliphatic rings. The molecule has 0 fully saturated rings. The molecule has 2 atom stereocenters. The van der Waals surface area contributed by atoms with Gasteiger partial charge in [0.25, 0.3) is 0 Å². The molecule has 15 heteroatoms. The van der Waals surface area contributed by atoms with E-state index in [0.717, 1.165) is 0 Å². The summed E-state index contributed by atoms with van der Waals surface area (Å²) in [6, 6.07) is 7.79. The van der Waals surface area contributed by atoms with Crippen LogP contribution in [-0.2, 0) is 36.4 Å². The van der Waals surface area contributed by atoms with E-state index < -0.39 is 36.7 Å². The standard InChI is InChI=1S/C24H31ClN3O10P/c1-4-15-35-23(29)21(26-24(30)34-3)16-18-7-9-19(10-8-18)38-39(33,27(2)14-6-5-13-25)36-17-20-11-12-22(37-20)28(31)32/h4,7-12,21H,1,5-6,13-17H2,2-3H3,(H,26,30). The molecule has 1 amide bonds. The second-order valence-corrected chi connectivity index (χ2v) is 10.5. The quantitative estimate of drug-likeness (QED) is 0.0513. The van der Waals surface area contributed by atoms with Gasteiger partial charge in [-0.1, -0.05) is 24.8 Å². The Bertz CT molecular complexity index is 1160. The molecule has 0 aliphatic carbocycles. The minimum Gasteiger partial charge on any atom is -0.460 e. The number of hydrogen-bond acceptors (Lipinski definition) is 10. The van der Waals surface area contributed by atoms with E-state index in [0.29, 0.717) is 30.8 Å². The van der Waals surface area contributed by atoms with E-state index in [1.165, 1.54) is 42.1 Å². The van der Waals surface area contributed by atoms with Gasteiger partial charge in [-0.25, -0.2) is 18.8 Å². The first-order valence-electron chi connectivity index (χ1n) is 11.8. The summed E-state index contributed by atoms with van der Waals surface area (Å²) < 4.78 is 41.2. The summed E-state index contributed by atoms with van der Waals surface area (Å²) in [4.78, 5) is 34.2. The number of halogens is 1. The van der Waals surface area contributed by atoms with Crippen molar-refractivity contribution >= 4 is 37.3 Å². The number of nitrogens with one attached hydrogen (secondary N) is 1. The topological polar surface area (TPSA) is 160 Å². The average Bonchev–Trinajstić information content (AvgIpc) is 3.41. The Morgan fingerprint density at radius 3 is 2.56 bits per heavy atom. The van der Waals surface area contributed by atoms with Crippen LogP contribution in [0.3, 0.4) is 0 Å². The molecule has 0 saturated heterocycles. The van der Waals surface area contributed by atoms with Gasteiger partial charge in [-0.05, 0) is 43.7 Å². The van der Waals surface area contributed by atoms with Crippen molar-refractivity contribution in [1.29, 1.82) is 0 Å². The Labute approximate surface area is 230 Å². The Morgan fingerprint density at radius 1 is 1.26 bits per heavy atom. The lowest BCUT2D eigenvalue weighted by atomic mass is 10.1. The number of carbonyl (C=O) groups excluding carboxylic acids is 2. The van der Waals surface area contributed by atoms with E-state index >= 15 is 0 Å². The lowest BCUT2D eigenvalue weighted by Gasteiger charge is -2.27. The number of benzene rings is 1. The lowest BCUT2D eigenvalue weighted by Crippen LogP contribution is -2.43. The van der Waals surface area contributed by atoms with Gasteiger partial charge in [0.1, 0.15) is 35.7 Å². The van der Waals surface area contributed by atoms with E-state index in [4.69, 9.17) is 29.8 Å². The van der Waals surface area contributed by atoms with Crippen LogP contribution in [0.1, 0.15) is 24.2 Å². The molecule has 0 bridgehead atoms. The first kappa shape index (κ1) is 31.8. The van der Waals surface area contributed by atoms with E-state index in [-0.39, 0.29) is 31.1 Å². The highest BCUT2D eigenvalue weighted by Crippen LogP contribution is 2.52. The van der Waals surface area contributed by atoms with Crippen molar-refractivity contribution in [3.63, 3.8) is 0 Å². The Kier molecular flexibility index (Phi) is 13.0. The van der Waals surface area contributed by atoms with Gasteiger partial charge in [0.2, 0.25) is 0 Å². The first-order chi connectivity index (χ1) is 18.6. The molecule has 2 aromatic rings. The maximum absolute atomic E-state index is 13.7. The minimum atomic E-state index is -3.94. The van der Waals surface area contributed by atoms with Crippen molar-refractivity contribution in [3.8, 4) is 5.75 Å². The van der Waals surface area contributed by atoms with E-state index in [2.05, 4.69) is 16.6 Å². The molecule has 1 N–H and O–H groups in total. The number of carbonyl (C=O) groups is 2. The van der Waals surface area contributed by atoms with Crippen molar-refractivity contribution in [2.75, 3.05) is 33.2 Å². The maximum atomic E-state index is 13.7. The van der Waals surface area contributed by atoms with Gasteiger partial charge in [0, 0.05) is 18.8 Å². The highest BCUT2D eigenvalue weighted by Gasteiger charge is 2.33. The summed E-state index contributed by atoms with van der Waals surface area (Å²) in [7, 11) is -1.21. The number of amides is 1.